The number of carbonyl (C=O) groups excluding carboxylic acids is 2. The van der Waals surface area contributed by atoms with Gasteiger partial charge < -0.3 is 34.4 Å². The van der Waals surface area contributed by atoms with Crippen molar-refractivity contribution in [3.8, 4) is 28.5 Å². The number of benzene rings is 1. The zero-order chi connectivity index (χ0) is 27.9. The van der Waals surface area contributed by atoms with E-state index >= 15 is 0 Å². The number of imidazole rings is 1. The minimum absolute atomic E-state index is 0.0107. The van der Waals surface area contributed by atoms with E-state index in [0.29, 0.717) is 33.8 Å². The van der Waals surface area contributed by atoms with Crippen molar-refractivity contribution in [3.63, 3.8) is 0 Å². The average Bonchev–Trinajstić information content (AvgIpc) is 3.65. The fourth-order valence-electron chi connectivity index (χ4n) is 3.96. The maximum atomic E-state index is 13.3. The Morgan fingerprint density at radius 3 is 2.67 bits per heavy atom. The molecule has 1 aromatic carbocycles. The first-order valence-electron chi connectivity index (χ1n) is 12.1. The highest BCUT2D eigenvalue weighted by molar-refractivity contribution is 7.89. The molecule has 11 nitrogen and oxygen atoms in total. The molecule has 1 aliphatic carbocycles. The fourth-order valence-corrected chi connectivity index (χ4v) is 4.16. The van der Waals surface area contributed by atoms with Crippen LogP contribution in [0.2, 0.25) is 0 Å². The number of halogens is 1. The van der Waals surface area contributed by atoms with E-state index in [9.17, 15) is 13.5 Å². The third-order valence-electron chi connectivity index (χ3n) is 5.87. The van der Waals surface area contributed by atoms with Crippen LogP contribution in [0.25, 0.3) is 22.5 Å². The molecule has 206 valence electrons. The number of nitrogens with one attached hydrogen (secondary N) is 3. The molecule has 0 radical (unpaired) electrons. The van der Waals surface area contributed by atoms with E-state index in [2.05, 4.69) is 15.6 Å². The molecular weight excluding hydrogens is 529 g/mol. The van der Waals surface area contributed by atoms with Crippen molar-refractivity contribution in [1.29, 1.82) is 5.41 Å². The van der Waals surface area contributed by atoms with Crippen molar-refractivity contribution in [1.82, 2.24) is 20.0 Å². The van der Waals surface area contributed by atoms with Gasteiger partial charge in [0, 0.05) is 42.2 Å². The summed E-state index contributed by atoms with van der Waals surface area (Å²) in [4.78, 5) is 29.4. The molecule has 1 fully saturated rings. The molecule has 1 amide bonds. The van der Waals surface area contributed by atoms with Crippen LogP contribution in [0.1, 0.15) is 35.7 Å². The highest BCUT2D eigenvalue weighted by Crippen LogP contribution is 2.38. The number of aromatic nitrogens is 2. The lowest BCUT2D eigenvalue weighted by Crippen LogP contribution is -2.26. The van der Waals surface area contributed by atoms with E-state index in [1.54, 1.807) is 49.1 Å². The number of methoxy groups -OCH3 is 1. The van der Waals surface area contributed by atoms with Gasteiger partial charge in [0.25, 0.3) is 18.3 Å². The van der Waals surface area contributed by atoms with Gasteiger partial charge in [0.15, 0.2) is 12.4 Å². The van der Waals surface area contributed by atoms with Gasteiger partial charge in [-0.2, -0.15) is 0 Å². The predicted molar refractivity (Wildman–Crippen MR) is 145 cm³/mol. The number of amides is 1. The first-order valence-corrected chi connectivity index (χ1v) is 12.7. The second kappa shape index (κ2) is 12.5. The molecule has 3 N–H and O–H groups in total. The summed E-state index contributed by atoms with van der Waals surface area (Å²) in [7, 11) is 3.11. The second-order valence-electron chi connectivity index (χ2n) is 8.50. The summed E-state index contributed by atoms with van der Waals surface area (Å²) >= 11 is -0.378. The molecule has 0 aliphatic heterocycles. The SMILES string of the molecule is CCOC(=O)COc1cn2c(-c3cc(OC)c(C(=O)NC4CC4)c(OSF)c3)cnc2cc1/C(C=N)=C/NC. The fraction of sp³-hybridized carbons (Fsp3) is 0.308. The first kappa shape index (κ1) is 27.8. The lowest BCUT2D eigenvalue weighted by molar-refractivity contribution is -0.145. The van der Waals surface area contributed by atoms with Crippen LogP contribution in [0.4, 0.5) is 3.89 Å². The number of esters is 1. The van der Waals surface area contributed by atoms with E-state index in [-0.39, 0.29) is 48.7 Å². The minimum Gasteiger partial charge on any atom is -0.496 e. The van der Waals surface area contributed by atoms with Crippen LogP contribution in [0.5, 0.6) is 17.2 Å². The number of pyridine rings is 1. The zero-order valence-electron chi connectivity index (χ0n) is 21.6. The van der Waals surface area contributed by atoms with Gasteiger partial charge in [-0.15, -0.1) is 3.89 Å². The topological polar surface area (TPSA) is 136 Å². The maximum Gasteiger partial charge on any atom is 0.344 e. The molecule has 2 heterocycles. The molecular formula is C26H28FN5O6S. The smallest absolute Gasteiger partial charge is 0.344 e. The quantitative estimate of drug-likeness (QED) is 0.162. The number of fused-ring (bicyclic) bond motifs is 1. The molecule has 0 saturated heterocycles. The summed E-state index contributed by atoms with van der Waals surface area (Å²) in [6, 6.07) is 4.95. The Morgan fingerprint density at radius 1 is 1.26 bits per heavy atom. The molecule has 1 saturated carbocycles. The van der Waals surface area contributed by atoms with E-state index in [4.69, 9.17) is 23.8 Å². The van der Waals surface area contributed by atoms with Gasteiger partial charge in [-0.1, -0.05) is 0 Å². The van der Waals surface area contributed by atoms with Gasteiger partial charge in [-0.3, -0.25) is 9.20 Å². The van der Waals surface area contributed by atoms with Crippen LogP contribution in [0.15, 0.2) is 36.8 Å². The Morgan fingerprint density at radius 2 is 2.03 bits per heavy atom. The van der Waals surface area contributed by atoms with E-state index in [0.717, 1.165) is 19.1 Å². The number of rotatable bonds is 13. The molecule has 4 rings (SSSR count). The lowest BCUT2D eigenvalue weighted by atomic mass is 10.1. The van der Waals surface area contributed by atoms with E-state index < -0.39 is 11.9 Å². The van der Waals surface area contributed by atoms with Crippen molar-refractivity contribution in [2.75, 3.05) is 27.4 Å². The molecule has 13 heteroatoms. The maximum absolute atomic E-state index is 13.3. The van der Waals surface area contributed by atoms with Gasteiger partial charge in [0.05, 0.1) is 31.8 Å². The van der Waals surface area contributed by atoms with Crippen LogP contribution in [-0.2, 0) is 9.53 Å². The Kier molecular flexibility index (Phi) is 8.92. The van der Waals surface area contributed by atoms with Crippen molar-refractivity contribution >= 4 is 41.7 Å². The van der Waals surface area contributed by atoms with Gasteiger partial charge in [0.1, 0.15) is 22.7 Å². The van der Waals surface area contributed by atoms with Gasteiger partial charge in [-0.05, 0) is 38.0 Å². The number of nitrogens with zero attached hydrogens (tertiary/aromatic N) is 2. The van der Waals surface area contributed by atoms with Crippen LogP contribution in [-0.4, -0.2) is 60.9 Å². The van der Waals surface area contributed by atoms with Gasteiger partial charge in [0.2, 0.25) is 0 Å². The highest BCUT2D eigenvalue weighted by Gasteiger charge is 2.29. The Labute approximate surface area is 228 Å². The molecule has 1 aliphatic rings. The summed E-state index contributed by atoms with van der Waals surface area (Å²) in [5.74, 6) is -0.480. The summed E-state index contributed by atoms with van der Waals surface area (Å²) in [5, 5.41) is 13.6. The zero-order valence-corrected chi connectivity index (χ0v) is 22.4. The molecule has 0 spiro atoms. The Bertz CT molecular complexity index is 1420. The van der Waals surface area contributed by atoms with Crippen LogP contribution in [0, 0.1) is 5.41 Å². The molecule has 0 atom stereocenters. The first-order chi connectivity index (χ1) is 18.9. The minimum atomic E-state index is -0.543. The summed E-state index contributed by atoms with van der Waals surface area (Å²) in [6.45, 7) is 1.57. The lowest BCUT2D eigenvalue weighted by Gasteiger charge is -2.16. The molecule has 0 unspecified atom stereocenters. The summed E-state index contributed by atoms with van der Waals surface area (Å²) in [6.07, 6.45) is 7.75. The molecule has 2 aromatic heterocycles. The standard InChI is InChI=1S/C26H28FN5O6S/c1-4-36-24(33)14-37-22-13-32-19(12-30-23(32)9-18(22)16(10-28)11-29-2)15-7-20(35-3)25(21(8-15)38-39-27)26(34)31-17-5-6-17/h7-13,17,28-29H,4-6,14H2,1-3H3,(H,31,34)/b16-11+,28-10?. The number of hydrogen-bond acceptors (Lipinski definition) is 10. The van der Waals surface area contributed by atoms with Crippen LogP contribution in [0.3, 0.4) is 0 Å². The third kappa shape index (κ3) is 6.25. The number of ether oxygens (including phenoxy) is 3. The normalized spacial score (nSPS) is 13.1. The number of allylic oxidation sites excluding steroid dienone is 1. The highest BCUT2D eigenvalue weighted by atomic mass is 32.2. The van der Waals surface area contributed by atoms with E-state index in [1.165, 1.54) is 13.2 Å². The third-order valence-corrected chi connectivity index (χ3v) is 6.11. The predicted octanol–water partition coefficient (Wildman–Crippen LogP) is 3.97. The molecule has 3 aromatic rings. The Hall–Kier alpha value is -4.26. The number of hydrogen-bond donors (Lipinski definition) is 3. The average molecular weight is 558 g/mol. The van der Waals surface area contributed by atoms with Crippen LogP contribution >= 0.6 is 12.4 Å². The Balaban J connectivity index is 1.83. The second-order valence-corrected chi connectivity index (χ2v) is 8.79. The van der Waals surface area contributed by atoms with Crippen LogP contribution < -0.4 is 24.3 Å². The largest absolute Gasteiger partial charge is 0.496 e. The van der Waals surface area contributed by atoms with Crippen molar-refractivity contribution in [2.45, 2.75) is 25.8 Å². The molecule has 39 heavy (non-hydrogen) atoms. The van der Waals surface area contributed by atoms with Gasteiger partial charge in [-0.25, -0.2) is 9.78 Å². The number of carbonyl (C=O) groups is 2. The summed E-state index contributed by atoms with van der Waals surface area (Å²) < 4.78 is 36.3. The van der Waals surface area contributed by atoms with Gasteiger partial charge >= 0.3 is 5.97 Å². The van der Waals surface area contributed by atoms with Crippen molar-refractivity contribution in [2.24, 2.45) is 0 Å². The monoisotopic (exact) mass is 557 g/mol. The summed E-state index contributed by atoms with van der Waals surface area (Å²) in [5.41, 5.74) is 2.67. The van der Waals surface area contributed by atoms with Crippen molar-refractivity contribution < 1.29 is 31.9 Å². The van der Waals surface area contributed by atoms with Crippen molar-refractivity contribution in [3.05, 3.63) is 47.9 Å². The molecule has 0 bridgehead atoms. The van der Waals surface area contributed by atoms with E-state index in [1.807, 2.05) is 0 Å².